The summed E-state index contributed by atoms with van der Waals surface area (Å²) in [6.07, 6.45) is 9.95. The van der Waals surface area contributed by atoms with Gasteiger partial charge in [-0.3, -0.25) is 9.88 Å². The average Bonchev–Trinajstić information content (AvgIpc) is 3.19. The number of nitrogens with two attached hydrogens (primary N) is 1. The molecule has 1 fully saturated rings. The Kier molecular flexibility index (Phi) is 3.69. The molecule has 3 rings (SSSR count). The van der Waals surface area contributed by atoms with Gasteiger partial charge in [-0.2, -0.15) is 0 Å². The molecule has 0 saturated heterocycles. The molecule has 0 aromatic carbocycles. The van der Waals surface area contributed by atoms with Crippen molar-refractivity contribution in [1.29, 1.82) is 0 Å². The number of anilines is 1. The predicted molar refractivity (Wildman–Crippen MR) is 80.1 cm³/mol. The topological polar surface area (TPSA) is 60.0 Å². The van der Waals surface area contributed by atoms with E-state index in [-0.39, 0.29) is 0 Å². The largest absolute Gasteiger partial charge is 0.398 e. The Hall–Kier alpha value is -1.88. The molecule has 2 N–H and O–H groups in total. The second-order valence-electron chi connectivity index (χ2n) is 5.29. The monoisotopic (exact) mass is 271 g/mol. The zero-order valence-electron chi connectivity index (χ0n) is 11.9. The van der Waals surface area contributed by atoms with Crippen LogP contribution in [0.5, 0.6) is 0 Å². The molecule has 1 aliphatic carbocycles. The number of hydrogen-bond donors (Lipinski definition) is 1. The highest BCUT2D eigenvalue weighted by Crippen LogP contribution is 2.27. The van der Waals surface area contributed by atoms with E-state index in [1.807, 2.05) is 18.6 Å². The molecule has 2 aromatic rings. The Morgan fingerprint density at radius 2 is 2.20 bits per heavy atom. The van der Waals surface area contributed by atoms with E-state index in [0.717, 1.165) is 42.6 Å². The molecule has 2 aromatic heterocycles. The van der Waals surface area contributed by atoms with Crippen molar-refractivity contribution in [3.05, 3.63) is 31.0 Å². The van der Waals surface area contributed by atoms with Gasteiger partial charge in [-0.05, 0) is 25.5 Å². The van der Waals surface area contributed by atoms with Crippen molar-refractivity contribution in [2.45, 2.75) is 32.4 Å². The van der Waals surface area contributed by atoms with Gasteiger partial charge >= 0.3 is 0 Å². The molecule has 0 atom stereocenters. The maximum absolute atomic E-state index is 6.03. The molecule has 0 spiro atoms. The maximum atomic E-state index is 6.03. The van der Waals surface area contributed by atoms with Crippen LogP contribution in [0.2, 0.25) is 0 Å². The third-order valence-corrected chi connectivity index (χ3v) is 3.94. The van der Waals surface area contributed by atoms with E-state index >= 15 is 0 Å². The van der Waals surface area contributed by atoms with Crippen LogP contribution < -0.4 is 5.73 Å². The Morgan fingerprint density at radius 3 is 2.90 bits per heavy atom. The van der Waals surface area contributed by atoms with E-state index in [1.54, 1.807) is 12.4 Å². The molecule has 0 unspecified atom stereocenters. The lowest BCUT2D eigenvalue weighted by Gasteiger charge is -2.20. The molecular formula is C15H21N5. The molecule has 106 valence electrons. The Morgan fingerprint density at radius 1 is 1.35 bits per heavy atom. The number of rotatable bonds is 6. The lowest BCUT2D eigenvalue weighted by atomic mass is 10.2. The van der Waals surface area contributed by atoms with Crippen LogP contribution in [0.3, 0.4) is 0 Å². The molecule has 5 nitrogen and oxygen atoms in total. The zero-order valence-corrected chi connectivity index (χ0v) is 11.9. The van der Waals surface area contributed by atoms with Gasteiger partial charge in [0.25, 0.3) is 0 Å². The lowest BCUT2D eigenvalue weighted by Crippen LogP contribution is -2.29. The molecule has 0 radical (unpaired) electrons. The van der Waals surface area contributed by atoms with Crippen LogP contribution in [-0.4, -0.2) is 38.6 Å². The molecule has 0 aliphatic heterocycles. The van der Waals surface area contributed by atoms with Gasteiger partial charge in [-0.25, -0.2) is 4.98 Å². The van der Waals surface area contributed by atoms with E-state index in [0.29, 0.717) is 0 Å². The predicted octanol–water partition coefficient (Wildman–Crippen LogP) is 2.01. The third-order valence-electron chi connectivity index (χ3n) is 3.94. The van der Waals surface area contributed by atoms with Gasteiger partial charge in [-0.1, -0.05) is 6.92 Å². The second-order valence-corrected chi connectivity index (χ2v) is 5.29. The van der Waals surface area contributed by atoms with Gasteiger partial charge in [0.15, 0.2) is 0 Å². The minimum absolute atomic E-state index is 0.747. The fraction of sp³-hybridized carbons (Fsp3) is 0.467. The first-order chi connectivity index (χ1) is 9.79. The van der Waals surface area contributed by atoms with Crippen LogP contribution in [0.25, 0.3) is 11.3 Å². The maximum Gasteiger partial charge on any atom is 0.0951 e. The highest BCUT2D eigenvalue weighted by Gasteiger charge is 2.27. The summed E-state index contributed by atoms with van der Waals surface area (Å²) in [5.74, 6) is 0. The summed E-state index contributed by atoms with van der Waals surface area (Å²) in [7, 11) is 0. The number of hydrogen-bond acceptors (Lipinski definition) is 4. The Bertz CT molecular complexity index is 573. The van der Waals surface area contributed by atoms with Gasteiger partial charge in [0.1, 0.15) is 0 Å². The number of nitrogen functional groups attached to an aromatic ring is 1. The van der Waals surface area contributed by atoms with Crippen LogP contribution in [0.4, 0.5) is 5.69 Å². The van der Waals surface area contributed by atoms with Crippen molar-refractivity contribution in [3.63, 3.8) is 0 Å². The van der Waals surface area contributed by atoms with Crippen molar-refractivity contribution in [2.75, 3.05) is 18.8 Å². The summed E-state index contributed by atoms with van der Waals surface area (Å²) >= 11 is 0. The molecule has 0 bridgehead atoms. The van der Waals surface area contributed by atoms with Crippen LogP contribution >= 0.6 is 0 Å². The minimum Gasteiger partial charge on any atom is -0.398 e. The first-order valence-electron chi connectivity index (χ1n) is 7.23. The molecule has 5 heteroatoms. The highest BCUT2D eigenvalue weighted by atomic mass is 15.2. The number of likely N-dealkylation sites (N-methyl/N-ethyl adjacent to an activating group) is 1. The molecule has 20 heavy (non-hydrogen) atoms. The minimum atomic E-state index is 0.747. The van der Waals surface area contributed by atoms with Gasteiger partial charge in [-0.15, -0.1) is 0 Å². The fourth-order valence-corrected chi connectivity index (χ4v) is 2.62. The normalized spacial score (nSPS) is 14.9. The number of nitrogens with zero attached hydrogens (tertiary/aromatic N) is 4. The van der Waals surface area contributed by atoms with Gasteiger partial charge in [0.05, 0.1) is 18.2 Å². The van der Waals surface area contributed by atoms with Crippen molar-refractivity contribution < 1.29 is 0 Å². The Labute approximate surface area is 119 Å². The standard InChI is InChI=1S/C15H21N5/c1-2-19(12-3-4-12)7-8-20-11-18-10-15(20)13-9-17-6-5-14(13)16/h5-6,9-12H,2-4,7-8H2,1H3,(H2,16,17). The molecule has 0 amide bonds. The summed E-state index contributed by atoms with van der Waals surface area (Å²) in [4.78, 5) is 11.0. The fourth-order valence-electron chi connectivity index (χ4n) is 2.62. The van der Waals surface area contributed by atoms with Crippen LogP contribution in [0.1, 0.15) is 19.8 Å². The quantitative estimate of drug-likeness (QED) is 0.873. The van der Waals surface area contributed by atoms with E-state index < -0.39 is 0 Å². The van der Waals surface area contributed by atoms with E-state index in [1.165, 1.54) is 12.8 Å². The van der Waals surface area contributed by atoms with Crippen molar-refractivity contribution in [2.24, 2.45) is 0 Å². The zero-order chi connectivity index (χ0) is 13.9. The molecule has 1 saturated carbocycles. The summed E-state index contributed by atoms with van der Waals surface area (Å²) in [6, 6.07) is 2.63. The average molecular weight is 271 g/mol. The first-order valence-corrected chi connectivity index (χ1v) is 7.23. The van der Waals surface area contributed by atoms with Crippen LogP contribution in [-0.2, 0) is 6.54 Å². The first kappa shape index (κ1) is 13.1. The van der Waals surface area contributed by atoms with Crippen LogP contribution in [0, 0.1) is 0 Å². The number of imidazole rings is 1. The number of aromatic nitrogens is 3. The summed E-state index contributed by atoms with van der Waals surface area (Å²) in [5.41, 5.74) is 8.78. The summed E-state index contributed by atoms with van der Waals surface area (Å²) < 4.78 is 2.17. The lowest BCUT2D eigenvalue weighted by molar-refractivity contribution is 0.266. The smallest absolute Gasteiger partial charge is 0.0951 e. The van der Waals surface area contributed by atoms with Gasteiger partial charge in [0.2, 0.25) is 0 Å². The second kappa shape index (κ2) is 5.63. The van der Waals surface area contributed by atoms with E-state index in [2.05, 4.69) is 26.4 Å². The van der Waals surface area contributed by atoms with Crippen molar-refractivity contribution >= 4 is 5.69 Å². The van der Waals surface area contributed by atoms with E-state index in [9.17, 15) is 0 Å². The van der Waals surface area contributed by atoms with Crippen molar-refractivity contribution in [1.82, 2.24) is 19.4 Å². The van der Waals surface area contributed by atoms with Gasteiger partial charge < -0.3 is 10.3 Å². The highest BCUT2D eigenvalue weighted by molar-refractivity contribution is 5.72. The van der Waals surface area contributed by atoms with Crippen LogP contribution in [0.15, 0.2) is 31.0 Å². The van der Waals surface area contributed by atoms with E-state index in [4.69, 9.17) is 5.73 Å². The summed E-state index contributed by atoms with van der Waals surface area (Å²) in [6.45, 7) is 5.34. The molecular weight excluding hydrogens is 250 g/mol. The van der Waals surface area contributed by atoms with Crippen molar-refractivity contribution in [3.8, 4) is 11.3 Å². The number of pyridine rings is 1. The summed E-state index contributed by atoms with van der Waals surface area (Å²) in [5, 5.41) is 0. The SMILES string of the molecule is CCN(CCn1cncc1-c1cnccc1N)C1CC1. The van der Waals surface area contributed by atoms with Gasteiger partial charge in [0, 0.05) is 42.8 Å². The third kappa shape index (κ3) is 2.67. The molecule has 2 heterocycles. The molecule has 1 aliphatic rings. The Balaban J connectivity index is 1.75.